The Kier molecular flexibility index (Phi) is 6.42. The van der Waals surface area contributed by atoms with Gasteiger partial charge in [0.05, 0.1) is 34.2 Å². The third kappa shape index (κ3) is 4.76. The lowest BCUT2D eigenvalue weighted by molar-refractivity contribution is 0.414. The largest absolute Gasteiger partial charge is 0.497 e. The van der Waals surface area contributed by atoms with Crippen molar-refractivity contribution in [3.63, 3.8) is 0 Å². The van der Waals surface area contributed by atoms with E-state index in [-0.39, 0.29) is 16.2 Å². The zero-order chi connectivity index (χ0) is 28.7. The number of nitrogens with zero attached hydrogens (tertiary/aromatic N) is 5. The maximum Gasteiger partial charge on any atom is 0.262 e. The molecule has 0 aliphatic rings. The molecule has 0 unspecified atom stereocenters. The van der Waals surface area contributed by atoms with Crippen molar-refractivity contribution in [3.05, 3.63) is 96.6 Å². The smallest absolute Gasteiger partial charge is 0.262 e. The van der Waals surface area contributed by atoms with E-state index >= 15 is 4.39 Å². The number of aromatic nitrogens is 5. The van der Waals surface area contributed by atoms with E-state index in [4.69, 9.17) is 4.74 Å². The second kappa shape index (κ2) is 10.1. The summed E-state index contributed by atoms with van der Waals surface area (Å²) in [7, 11) is -2.76. The van der Waals surface area contributed by atoms with E-state index in [0.717, 1.165) is 23.2 Å². The predicted octanol–water partition coefficient (Wildman–Crippen LogP) is 5.50. The molecule has 2 N–H and O–H groups in total. The fourth-order valence-electron chi connectivity index (χ4n) is 4.41. The number of nitrogens with one attached hydrogen (secondary N) is 2. The van der Waals surface area contributed by atoms with Gasteiger partial charge < -0.3 is 10.1 Å². The molecule has 0 saturated carbocycles. The average Bonchev–Trinajstić information content (AvgIpc) is 3.40. The van der Waals surface area contributed by atoms with Crippen LogP contribution >= 0.6 is 0 Å². The Morgan fingerprint density at radius 2 is 1.76 bits per heavy atom. The van der Waals surface area contributed by atoms with Crippen LogP contribution in [0.15, 0.2) is 84.3 Å². The van der Waals surface area contributed by atoms with Crippen molar-refractivity contribution in [1.29, 1.82) is 0 Å². The minimum Gasteiger partial charge on any atom is -0.497 e. The summed E-state index contributed by atoms with van der Waals surface area (Å²) in [6, 6.07) is 17.3. The first-order valence-electron chi connectivity index (χ1n) is 12.2. The van der Waals surface area contributed by atoms with Crippen LogP contribution in [-0.2, 0) is 10.0 Å². The minimum absolute atomic E-state index is 0.0186. The third-order valence-corrected chi connectivity index (χ3v) is 7.94. The number of para-hydroxylation sites is 2. The molecule has 3 heterocycles. The number of hydrogen-bond acceptors (Lipinski definition) is 8. The molecule has 0 bridgehead atoms. The molecule has 0 amide bonds. The number of hydrogen-bond donors (Lipinski definition) is 2. The molecule has 0 aliphatic heterocycles. The van der Waals surface area contributed by atoms with Crippen LogP contribution in [0.2, 0.25) is 0 Å². The molecule has 0 fully saturated rings. The summed E-state index contributed by atoms with van der Waals surface area (Å²) in [4.78, 5) is 17.3. The molecule has 0 aliphatic carbocycles. The zero-order valence-electron chi connectivity index (χ0n) is 21.6. The summed E-state index contributed by atoms with van der Waals surface area (Å²) in [5.74, 6) is -1.15. The maximum atomic E-state index is 15.6. The second-order valence-corrected chi connectivity index (χ2v) is 10.7. The fraction of sp³-hybridized carbons (Fsp3) is 0.0714. The van der Waals surface area contributed by atoms with Gasteiger partial charge in [-0.05, 0) is 67.1 Å². The van der Waals surface area contributed by atoms with Gasteiger partial charge in [-0.3, -0.25) is 9.29 Å². The monoisotopic (exact) mass is 573 g/mol. The van der Waals surface area contributed by atoms with Gasteiger partial charge in [0, 0.05) is 0 Å². The highest BCUT2D eigenvalue weighted by molar-refractivity contribution is 7.92. The SMILES string of the molecule is COc1ccc(S(=O)(=O)Nc2ccc(F)c(Nc3ncnc4ccc(-n5cnc6ccccc65)nc34)c2F)c(C)c1. The summed E-state index contributed by atoms with van der Waals surface area (Å²) in [5, 5.41) is 2.65. The highest BCUT2D eigenvalue weighted by Gasteiger charge is 2.23. The van der Waals surface area contributed by atoms with E-state index in [9.17, 15) is 12.8 Å². The Morgan fingerprint density at radius 1 is 0.927 bits per heavy atom. The van der Waals surface area contributed by atoms with Gasteiger partial charge in [-0.25, -0.2) is 37.1 Å². The number of methoxy groups -OCH3 is 1. The topological polar surface area (TPSA) is 124 Å². The second-order valence-electron chi connectivity index (χ2n) is 9.01. The first kappa shape index (κ1) is 26.1. The van der Waals surface area contributed by atoms with E-state index < -0.39 is 33.0 Å². The van der Waals surface area contributed by atoms with Gasteiger partial charge in [0.25, 0.3) is 10.0 Å². The molecule has 10 nitrogen and oxygen atoms in total. The normalized spacial score (nSPS) is 11.6. The molecule has 6 aromatic rings. The maximum absolute atomic E-state index is 15.6. The molecule has 0 atom stereocenters. The average molecular weight is 574 g/mol. The van der Waals surface area contributed by atoms with Crippen molar-refractivity contribution in [3.8, 4) is 11.6 Å². The quantitative estimate of drug-likeness (QED) is 0.257. The Bertz CT molecular complexity index is 2070. The summed E-state index contributed by atoms with van der Waals surface area (Å²) < 4.78 is 65.8. The minimum atomic E-state index is -4.22. The van der Waals surface area contributed by atoms with Crippen LogP contribution in [0.25, 0.3) is 27.9 Å². The first-order chi connectivity index (χ1) is 19.7. The van der Waals surface area contributed by atoms with Crippen molar-refractivity contribution >= 4 is 49.3 Å². The number of aryl methyl sites for hydroxylation is 1. The predicted molar refractivity (Wildman–Crippen MR) is 150 cm³/mol. The van der Waals surface area contributed by atoms with Crippen molar-refractivity contribution < 1.29 is 21.9 Å². The van der Waals surface area contributed by atoms with Gasteiger partial charge in [-0.1, -0.05) is 12.1 Å². The first-order valence-corrected chi connectivity index (χ1v) is 13.7. The van der Waals surface area contributed by atoms with Crippen molar-refractivity contribution in [2.45, 2.75) is 11.8 Å². The number of pyridine rings is 1. The van der Waals surface area contributed by atoms with Crippen LogP contribution in [0.3, 0.4) is 0 Å². The van der Waals surface area contributed by atoms with Crippen LogP contribution < -0.4 is 14.8 Å². The number of halogens is 2. The third-order valence-electron chi connectivity index (χ3n) is 6.42. The molecular formula is C28H21F2N7O3S. The van der Waals surface area contributed by atoms with Gasteiger partial charge in [0.2, 0.25) is 0 Å². The van der Waals surface area contributed by atoms with Gasteiger partial charge in [-0.2, -0.15) is 0 Å². The van der Waals surface area contributed by atoms with Crippen LogP contribution in [0, 0.1) is 18.6 Å². The Morgan fingerprint density at radius 3 is 2.56 bits per heavy atom. The molecule has 0 spiro atoms. The number of benzene rings is 3. The highest BCUT2D eigenvalue weighted by atomic mass is 32.2. The van der Waals surface area contributed by atoms with Crippen molar-refractivity contribution in [2.75, 3.05) is 17.1 Å². The van der Waals surface area contributed by atoms with Crippen LogP contribution in [0.1, 0.15) is 5.56 Å². The molecular weight excluding hydrogens is 552 g/mol. The summed E-state index contributed by atoms with van der Waals surface area (Å²) in [5.41, 5.74) is 1.56. The van der Waals surface area contributed by atoms with Crippen LogP contribution in [-0.4, -0.2) is 40.0 Å². The standard InChI is InChI=1S/C28H21F2N7O3S/c1-16-13-17(40-2)7-11-23(16)41(38,39)36-20-9-8-18(29)26(25(20)30)35-28-27-21(31-14-32-28)10-12-24(34-27)37-15-33-19-5-3-4-6-22(19)37/h3-15,36H,1-2H3,(H,31,32,35). The molecule has 0 radical (unpaired) electrons. The van der Waals surface area contributed by atoms with E-state index in [1.807, 2.05) is 24.3 Å². The highest BCUT2D eigenvalue weighted by Crippen LogP contribution is 2.32. The molecule has 206 valence electrons. The molecule has 0 saturated heterocycles. The Balaban J connectivity index is 1.37. The molecule has 41 heavy (non-hydrogen) atoms. The fourth-order valence-corrected chi connectivity index (χ4v) is 5.70. The van der Waals surface area contributed by atoms with Crippen molar-refractivity contribution in [1.82, 2.24) is 24.5 Å². The molecule has 3 aromatic carbocycles. The van der Waals surface area contributed by atoms with E-state index in [1.165, 1.54) is 31.6 Å². The number of ether oxygens (including phenoxy) is 1. The number of imidazole rings is 1. The molecule has 3 aromatic heterocycles. The van der Waals surface area contributed by atoms with Gasteiger partial charge in [0.1, 0.15) is 41.2 Å². The van der Waals surface area contributed by atoms with Gasteiger partial charge >= 0.3 is 0 Å². The lowest BCUT2D eigenvalue weighted by Crippen LogP contribution is -2.16. The Labute approximate surface area is 232 Å². The number of rotatable bonds is 7. The summed E-state index contributed by atoms with van der Waals surface area (Å²) in [6.07, 6.45) is 2.85. The molecule has 6 rings (SSSR count). The van der Waals surface area contributed by atoms with Gasteiger partial charge in [-0.15, -0.1) is 0 Å². The number of anilines is 3. The number of sulfonamides is 1. The van der Waals surface area contributed by atoms with Crippen LogP contribution in [0.4, 0.5) is 26.0 Å². The summed E-state index contributed by atoms with van der Waals surface area (Å²) in [6.45, 7) is 1.58. The Hall–Kier alpha value is -5.17. The van der Waals surface area contributed by atoms with E-state index in [1.54, 1.807) is 30.0 Å². The summed E-state index contributed by atoms with van der Waals surface area (Å²) >= 11 is 0. The van der Waals surface area contributed by atoms with Gasteiger partial charge in [0.15, 0.2) is 11.6 Å². The van der Waals surface area contributed by atoms with Crippen LogP contribution in [0.5, 0.6) is 5.75 Å². The van der Waals surface area contributed by atoms with Crippen molar-refractivity contribution in [2.24, 2.45) is 0 Å². The number of fused-ring (bicyclic) bond motifs is 2. The lowest BCUT2D eigenvalue weighted by atomic mass is 10.2. The van der Waals surface area contributed by atoms with E-state index in [0.29, 0.717) is 22.6 Å². The lowest BCUT2D eigenvalue weighted by Gasteiger charge is -2.15. The molecule has 13 heteroatoms. The zero-order valence-corrected chi connectivity index (χ0v) is 22.4. The van der Waals surface area contributed by atoms with E-state index in [2.05, 4.69) is 30.0 Å².